The number of ether oxygens (including phenoxy) is 1. The molecule has 0 amide bonds. The van der Waals surface area contributed by atoms with E-state index in [1.807, 2.05) is 18.2 Å². The van der Waals surface area contributed by atoms with Crippen molar-refractivity contribution in [2.24, 2.45) is 0 Å². The Morgan fingerprint density at radius 3 is 2.84 bits per heavy atom. The molecule has 0 saturated carbocycles. The molecule has 1 aromatic heterocycles. The highest BCUT2D eigenvalue weighted by atomic mass is 79.9. The minimum absolute atomic E-state index is 0.0286. The van der Waals surface area contributed by atoms with E-state index in [0.717, 1.165) is 42.7 Å². The Hall–Kier alpha value is -1.50. The maximum Gasteiger partial charge on any atom is 0.195 e. The minimum atomic E-state index is -0.157. The van der Waals surface area contributed by atoms with Gasteiger partial charge in [-0.3, -0.25) is 4.79 Å². The lowest BCUT2D eigenvalue weighted by Crippen LogP contribution is -2.36. The van der Waals surface area contributed by atoms with Crippen LogP contribution in [0.15, 0.2) is 24.4 Å². The molecule has 1 aliphatic heterocycles. The summed E-state index contributed by atoms with van der Waals surface area (Å²) in [6.45, 7) is 3.08. The molecule has 1 fully saturated rings. The lowest BCUT2D eigenvalue weighted by molar-refractivity contribution is 0.0976. The first-order valence-electron chi connectivity index (χ1n) is 8.30. The Labute approximate surface area is 159 Å². The fourth-order valence-corrected chi connectivity index (χ4v) is 3.96. The van der Waals surface area contributed by atoms with Crippen molar-refractivity contribution in [1.29, 1.82) is 0 Å². The van der Waals surface area contributed by atoms with Crippen LogP contribution in [0.25, 0.3) is 11.4 Å². The van der Waals surface area contributed by atoms with E-state index >= 15 is 0 Å². The van der Waals surface area contributed by atoms with Crippen molar-refractivity contribution >= 4 is 39.0 Å². The molecule has 1 aliphatic carbocycles. The van der Waals surface area contributed by atoms with Gasteiger partial charge in [0.1, 0.15) is 5.69 Å². The van der Waals surface area contributed by atoms with E-state index in [1.54, 1.807) is 6.20 Å². The molecule has 0 N–H and O–H groups in total. The fourth-order valence-electron chi connectivity index (χ4n) is 3.21. The lowest BCUT2D eigenvalue weighted by Gasteiger charge is -2.29. The van der Waals surface area contributed by atoms with Crippen molar-refractivity contribution in [3.63, 3.8) is 0 Å². The van der Waals surface area contributed by atoms with Crippen LogP contribution in [0.5, 0.6) is 0 Å². The van der Waals surface area contributed by atoms with Gasteiger partial charge in [-0.1, -0.05) is 27.5 Å². The Kier molecular flexibility index (Phi) is 4.75. The normalized spacial score (nSPS) is 20.5. The van der Waals surface area contributed by atoms with Crippen LogP contribution >= 0.6 is 27.5 Å². The standard InChI is InChI=1S/C18H17BrClN3O2/c19-13-3-1-12-10-21-18(22-16(12)17(13)24)11-2-4-15(14(20)9-11)23-5-7-25-8-6-23/h2,4,9-10,13H,1,3,5-8H2. The zero-order valence-electron chi connectivity index (χ0n) is 13.5. The molecule has 1 unspecified atom stereocenters. The number of hydrogen-bond donors (Lipinski definition) is 0. The van der Waals surface area contributed by atoms with Crippen LogP contribution in [0, 0.1) is 0 Å². The van der Waals surface area contributed by atoms with Crippen LogP contribution in [0.1, 0.15) is 22.5 Å². The van der Waals surface area contributed by atoms with Crippen LogP contribution in [-0.4, -0.2) is 46.9 Å². The molecule has 0 bridgehead atoms. The predicted molar refractivity (Wildman–Crippen MR) is 101 cm³/mol. The number of aromatic nitrogens is 2. The van der Waals surface area contributed by atoms with E-state index in [-0.39, 0.29) is 10.6 Å². The van der Waals surface area contributed by atoms with Gasteiger partial charge in [0.2, 0.25) is 0 Å². The molecule has 0 radical (unpaired) electrons. The summed E-state index contributed by atoms with van der Waals surface area (Å²) in [5.74, 6) is 0.560. The van der Waals surface area contributed by atoms with Crippen LogP contribution < -0.4 is 4.90 Å². The molecule has 4 rings (SSSR count). The van der Waals surface area contributed by atoms with Crippen LogP contribution in [0.4, 0.5) is 5.69 Å². The summed E-state index contributed by atoms with van der Waals surface area (Å²) in [6.07, 6.45) is 3.36. The maximum absolute atomic E-state index is 12.3. The number of anilines is 1. The van der Waals surface area contributed by atoms with Crippen molar-refractivity contribution < 1.29 is 9.53 Å². The number of benzene rings is 1. The molecule has 2 aliphatic rings. The monoisotopic (exact) mass is 421 g/mol. The molecular formula is C18H17BrClN3O2. The molecule has 25 heavy (non-hydrogen) atoms. The summed E-state index contributed by atoms with van der Waals surface area (Å²) in [5, 5.41) is 0.658. The van der Waals surface area contributed by atoms with Crippen molar-refractivity contribution in [3.8, 4) is 11.4 Å². The van der Waals surface area contributed by atoms with Gasteiger partial charge in [0.05, 0.1) is 28.8 Å². The number of morpholine rings is 1. The van der Waals surface area contributed by atoms with Crippen molar-refractivity contribution in [2.45, 2.75) is 17.7 Å². The quantitative estimate of drug-likeness (QED) is 0.693. The van der Waals surface area contributed by atoms with Crippen molar-refractivity contribution in [2.75, 3.05) is 31.2 Å². The highest BCUT2D eigenvalue weighted by Gasteiger charge is 2.27. The molecule has 2 heterocycles. The smallest absolute Gasteiger partial charge is 0.195 e. The van der Waals surface area contributed by atoms with Gasteiger partial charge in [-0.05, 0) is 36.6 Å². The third-order valence-electron chi connectivity index (χ3n) is 4.61. The molecule has 7 heteroatoms. The van der Waals surface area contributed by atoms with Gasteiger partial charge in [0.25, 0.3) is 0 Å². The molecule has 2 aromatic rings. The number of aryl methyl sites for hydroxylation is 1. The Morgan fingerprint density at radius 1 is 1.28 bits per heavy atom. The van der Waals surface area contributed by atoms with E-state index in [2.05, 4.69) is 30.8 Å². The molecule has 1 aromatic carbocycles. The van der Waals surface area contributed by atoms with Crippen LogP contribution in [-0.2, 0) is 11.2 Å². The van der Waals surface area contributed by atoms with Crippen molar-refractivity contribution in [3.05, 3.63) is 40.7 Å². The predicted octanol–water partition coefficient (Wildman–Crippen LogP) is 3.53. The second-order valence-electron chi connectivity index (χ2n) is 6.20. The van der Waals surface area contributed by atoms with E-state index in [0.29, 0.717) is 29.8 Å². The summed E-state index contributed by atoms with van der Waals surface area (Å²) in [4.78, 5) is 23.3. The first kappa shape index (κ1) is 16.9. The Morgan fingerprint density at radius 2 is 2.08 bits per heavy atom. The van der Waals surface area contributed by atoms with Gasteiger partial charge in [-0.15, -0.1) is 0 Å². The fraction of sp³-hybridized carbons (Fsp3) is 0.389. The Balaban J connectivity index is 1.66. The first-order valence-corrected chi connectivity index (χ1v) is 9.59. The van der Waals surface area contributed by atoms with E-state index in [9.17, 15) is 4.79 Å². The highest BCUT2D eigenvalue weighted by molar-refractivity contribution is 9.10. The summed E-state index contributed by atoms with van der Waals surface area (Å²) in [6, 6.07) is 5.81. The number of fused-ring (bicyclic) bond motifs is 1. The molecule has 130 valence electrons. The molecule has 1 saturated heterocycles. The van der Waals surface area contributed by atoms with Gasteiger partial charge >= 0.3 is 0 Å². The number of ketones is 1. The van der Waals surface area contributed by atoms with Gasteiger partial charge in [0.15, 0.2) is 11.6 Å². The van der Waals surface area contributed by atoms with Gasteiger partial charge in [0, 0.05) is 24.8 Å². The number of rotatable bonds is 2. The number of alkyl halides is 1. The zero-order valence-corrected chi connectivity index (χ0v) is 15.9. The third kappa shape index (κ3) is 3.30. The molecule has 5 nitrogen and oxygen atoms in total. The zero-order chi connectivity index (χ0) is 17.4. The highest BCUT2D eigenvalue weighted by Crippen LogP contribution is 2.32. The third-order valence-corrected chi connectivity index (χ3v) is 5.78. The van der Waals surface area contributed by atoms with Crippen LogP contribution in [0.2, 0.25) is 5.02 Å². The number of halogens is 2. The summed E-state index contributed by atoms with van der Waals surface area (Å²) in [5.41, 5.74) is 3.24. The second-order valence-corrected chi connectivity index (χ2v) is 7.72. The molecule has 0 spiro atoms. The summed E-state index contributed by atoms with van der Waals surface area (Å²) < 4.78 is 5.39. The molecular weight excluding hydrogens is 406 g/mol. The van der Waals surface area contributed by atoms with E-state index in [1.165, 1.54) is 0 Å². The number of carbonyl (C=O) groups excluding carboxylic acids is 1. The van der Waals surface area contributed by atoms with E-state index in [4.69, 9.17) is 16.3 Å². The van der Waals surface area contributed by atoms with Gasteiger partial charge < -0.3 is 9.64 Å². The van der Waals surface area contributed by atoms with Crippen molar-refractivity contribution in [1.82, 2.24) is 9.97 Å². The number of hydrogen-bond acceptors (Lipinski definition) is 5. The van der Waals surface area contributed by atoms with Gasteiger partial charge in [-0.25, -0.2) is 9.97 Å². The van der Waals surface area contributed by atoms with Crippen LogP contribution in [0.3, 0.4) is 0 Å². The average Bonchev–Trinajstić information content (AvgIpc) is 2.65. The van der Waals surface area contributed by atoms with E-state index < -0.39 is 0 Å². The number of Topliss-reactive ketones (excluding diaryl/α,β-unsaturated/α-hetero) is 1. The number of carbonyl (C=O) groups is 1. The lowest BCUT2D eigenvalue weighted by atomic mass is 9.96. The Bertz CT molecular complexity index is 824. The SMILES string of the molecule is O=C1c2nc(-c3ccc(N4CCOCC4)c(Cl)c3)ncc2CCC1Br. The topological polar surface area (TPSA) is 55.3 Å². The summed E-state index contributed by atoms with van der Waals surface area (Å²) in [7, 11) is 0. The molecule has 1 atom stereocenters. The summed E-state index contributed by atoms with van der Waals surface area (Å²) >= 11 is 9.92. The average molecular weight is 423 g/mol. The maximum atomic E-state index is 12.3. The largest absolute Gasteiger partial charge is 0.378 e. The van der Waals surface area contributed by atoms with Gasteiger partial charge in [-0.2, -0.15) is 0 Å². The first-order chi connectivity index (χ1) is 12.1. The second kappa shape index (κ2) is 7.02. The minimum Gasteiger partial charge on any atom is -0.378 e. The number of nitrogens with zero attached hydrogens (tertiary/aromatic N) is 3.